The average molecular weight is 498 g/mol. The molecule has 0 spiro atoms. The summed E-state index contributed by atoms with van der Waals surface area (Å²) in [5, 5.41) is 3.59. The van der Waals surface area contributed by atoms with Gasteiger partial charge in [0.1, 0.15) is 5.52 Å². The van der Waals surface area contributed by atoms with Crippen LogP contribution in [-0.4, -0.2) is 50.2 Å². The Balaban J connectivity index is 1.29. The van der Waals surface area contributed by atoms with Crippen molar-refractivity contribution in [1.29, 1.82) is 0 Å². The molecule has 0 fully saturated rings. The van der Waals surface area contributed by atoms with E-state index in [4.69, 9.17) is 4.42 Å². The van der Waals surface area contributed by atoms with Crippen LogP contribution in [0.4, 0.5) is 5.69 Å². The lowest BCUT2D eigenvalue weighted by Gasteiger charge is -2.16. The maximum atomic E-state index is 13.3. The number of oxazole rings is 1. The van der Waals surface area contributed by atoms with Crippen molar-refractivity contribution in [2.45, 2.75) is 13.0 Å². The van der Waals surface area contributed by atoms with Gasteiger partial charge in [-0.1, -0.05) is 18.2 Å². The van der Waals surface area contributed by atoms with Crippen molar-refractivity contribution in [3.63, 3.8) is 0 Å². The molecule has 4 aromatic rings. The summed E-state index contributed by atoms with van der Waals surface area (Å²) in [6.07, 6.45) is 5.02. The molecule has 0 saturated carbocycles. The lowest BCUT2D eigenvalue weighted by atomic mass is 9.97. The zero-order chi connectivity index (χ0) is 23.7. The molecular weight excluding hydrogens is 474 g/mol. The van der Waals surface area contributed by atoms with Gasteiger partial charge in [0.2, 0.25) is 10.0 Å². The van der Waals surface area contributed by atoms with Gasteiger partial charge >= 0.3 is 0 Å². The van der Waals surface area contributed by atoms with Gasteiger partial charge in [0, 0.05) is 42.9 Å². The molecule has 9 nitrogen and oxygen atoms in total. The van der Waals surface area contributed by atoms with Gasteiger partial charge in [-0.25, -0.2) is 23.1 Å². The fourth-order valence-corrected chi connectivity index (χ4v) is 5.38. The smallest absolute Gasteiger partial charge is 0.287 e. The normalized spacial score (nSPS) is 13.5. The standard InChI is InChI=1S/C23H23N5O4S2/c1-34(30,31)27-9-8-24-12-16-13-25-22(33-16)23(29)28-10-7-18-17(3-2-4-20(18)28)15-5-6-21-19(11-15)26-14-32-21/h2-6,11,13-14,24,27H,7-10,12H2,1H3. The summed E-state index contributed by atoms with van der Waals surface area (Å²) in [6.45, 7) is 1.90. The molecule has 34 heavy (non-hydrogen) atoms. The molecule has 0 saturated heterocycles. The molecule has 1 amide bonds. The minimum atomic E-state index is -3.20. The second kappa shape index (κ2) is 9.26. The lowest BCUT2D eigenvalue weighted by Crippen LogP contribution is -2.30. The van der Waals surface area contributed by atoms with Crippen molar-refractivity contribution >= 4 is 44.1 Å². The Labute approximate surface area is 200 Å². The van der Waals surface area contributed by atoms with Gasteiger partial charge in [-0.3, -0.25) is 4.79 Å². The molecule has 3 heterocycles. The Kier molecular flexibility index (Phi) is 6.17. The van der Waals surface area contributed by atoms with E-state index in [-0.39, 0.29) is 5.91 Å². The number of hydrogen-bond donors (Lipinski definition) is 2. The monoisotopic (exact) mass is 497 g/mol. The summed E-state index contributed by atoms with van der Waals surface area (Å²) >= 11 is 1.35. The number of thiazole rings is 1. The molecule has 5 rings (SSSR count). The predicted molar refractivity (Wildman–Crippen MR) is 131 cm³/mol. The first-order chi connectivity index (χ1) is 16.4. The first-order valence-electron chi connectivity index (χ1n) is 10.8. The third-order valence-electron chi connectivity index (χ3n) is 5.62. The number of aromatic nitrogens is 2. The number of benzene rings is 2. The van der Waals surface area contributed by atoms with Crippen LogP contribution in [0.2, 0.25) is 0 Å². The molecule has 0 aliphatic carbocycles. The average Bonchev–Trinajstić information content (AvgIpc) is 3.56. The highest BCUT2D eigenvalue weighted by atomic mass is 32.2. The van der Waals surface area contributed by atoms with Crippen molar-refractivity contribution in [1.82, 2.24) is 20.0 Å². The second-order valence-corrected chi connectivity index (χ2v) is 11.0. The topological polar surface area (TPSA) is 117 Å². The number of nitrogens with zero attached hydrogens (tertiary/aromatic N) is 3. The molecule has 2 N–H and O–H groups in total. The van der Waals surface area contributed by atoms with E-state index in [1.54, 1.807) is 11.1 Å². The van der Waals surface area contributed by atoms with Crippen molar-refractivity contribution in [3.8, 4) is 11.1 Å². The van der Waals surface area contributed by atoms with Crippen LogP contribution in [0.1, 0.15) is 20.2 Å². The van der Waals surface area contributed by atoms with Crippen LogP contribution in [0.3, 0.4) is 0 Å². The highest BCUT2D eigenvalue weighted by molar-refractivity contribution is 7.88. The van der Waals surface area contributed by atoms with Gasteiger partial charge in [0.25, 0.3) is 5.91 Å². The summed E-state index contributed by atoms with van der Waals surface area (Å²) < 4.78 is 30.0. The van der Waals surface area contributed by atoms with Crippen molar-refractivity contribution < 1.29 is 17.6 Å². The summed E-state index contributed by atoms with van der Waals surface area (Å²) in [5.74, 6) is -0.113. The molecule has 0 bridgehead atoms. The van der Waals surface area contributed by atoms with Crippen LogP contribution in [0, 0.1) is 0 Å². The van der Waals surface area contributed by atoms with Crippen LogP contribution in [-0.2, 0) is 23.0 Å². The molecule has 2 aromatic heterocycles. The summed E-state index contributed by atoms with van der Waals surface area (Å²) in [5.41, 5.74) is 5.72. The Morgan fingerprint density at radius 1 is 1.21 bits per heavy atom. The number of nitrogens with one attached hydrogen (secondary N) is 2. The van der Waals surface area contributed by atoms with Crippen LogP contribution in [0.25, 0.3) is 22.2 Å². The van der Waals surface area contributed by atoms with E-state index in [1.165, 1.54) is 17.7 Å². The van der Waals surface area contributed by atoms with Gasteiger partial charge in [-0.15, -0.1) is 11.3 Å². The minimum Gasteiger partial charge on any atom is -0.443 e. The van der Waals surface area contributed by atoms with Gasteiger partial charge < -0.3 is 14.6 Å². The number of fused-ring (bicyclic) bond motifs is 2. The highest BCUT2D eigenvalue weighted by Gasteiger charge is 2.29. The first-order valence-corrected chi connectivity index (χ1v) is 13.5. The first kappa shape index (κ1) is 22.7. The Morgan fingerprint density at radius 3 is 2.94 bits per heavy atom. The number of amides is 1. The van der Waals surface area contributed by atoms with E-state index in [9.17, 15) is 13.2 Å². The van der Waals surface area contributed by atoms with E-state index in [2.05, 4.69) is 26.1 Å². The summed E-state index contributed by atoms with van der Waals surface area (Å²) in [7, 11) is -3.20. The predicted octanol–water partition coefficient (Wildman–Crippen LogP) is 2.79. The molecule has 2 aromatic carbocycles. The minimum absolute atomic E-state index is 0.113. The summed E-state index contributed by atoms with van der Waals surface area (Å²) in [4.78, 5) is 24.5. The van der Waals surface area contributed by atoms with Gasteiger partial charge in [-0.2, -0.15) is 0 Å². The zero-order valence-electron chi connectivity index (χ0n) is 18.4. The molecule has 11 heteroatoms. The molecular formula is C23H23N5O4S2. The highest BCUT2D eigenvalue weighted by Crippen LogP contribution is 2.37. The van der Waals surface area contributed by atoms with E-state index in [0.717, 1.165) is 51.0 Å². The fourth-order valence-electron chi connectivity index (χ4n) is 4.08. The van der Waals surface area contributed by atoms with Gasteiger partial charge in [0.15, 0.2) is 17.0 Å². The Bertz CT molecular complexity index is 1460. The summed E-state index contributed by atoms with van der Waals surface area (Å²) in [6, 6.07) is 11.9. The van der Waals surface area contributed by atoms with Gasteiger partial charge in [0.05, 0.1) is 6.26 Å². The Morgan fingerprint density at radius 2 is 2.09 bits per heavy atom. The SMILES string of the molecule is CS(=O)(=O)NCCNCc1cnc(C(=O)N2CCc3c(-c4ccc5ocnc5c4)cccc32)s1. The number of rotatable bonds is 8. The number of carbonyl (C=O) groups is 1. The van der Waals surface area contributed by atoms with Crippen LogP contribution >= 0.6 is 11.3 Å². The molecule has 1 aliphatic heterocycles. The second-order valence-electron chi connectivity index (χ2n) is 8.02. The quantitative estimate of drug-likeness (QED) is 0.360. The van der Waals surface area contributed by atoms with Gasteiger partial charge in [-0.05, 0) is 41.3 Å². The van der Waals surface area contributed by atoms with Crippen molar-refractivity contribution in [3.05, 3.63) is 64.4 Å². The van der Waals surface area contributed by atoms with E-state index in [1.807, 2.05) is 30.3 Å². The zero-order valence-corrected chi connectivity index (χ0v) is 20.1. The largest absolute Gasteiger partial charge is 0.443 e. The maximum Gasteiger partial charge on any atom is 0.287 e. The van der Waals surface area contributed by atoms with Crippen molar-refractivity contribution in [2.24, 2.45) is 0 Å². The molecule has 0 radical (unpaired) electrons. The fraction of sp³-hybridized carbons (Fsp3) is 0.261. The van der Waals surface area contributed by atoms with E-state index >= 15 is 0 Å². The number of sulfonamides is 1. The number of anilines is 1. The van der Waals surface area contributed by atoms with Crippen LogP contribution in [0.5, 0.6) is 0 Å². The number of carbonyl (C=O) groups excluding carboxylic acids is 1. The molecule has 176 valence electrons. The molecule has 1 aliphatic rings. The third-order valence-corrected chi connectivity index (χ3v) is 7.33. The third kappa shape index (κ3) is 4.73. The Hall–Kier alpha value is -3.12. The lowest BCUT2D eigenvalue weighted by molar-refractivity contribution is 0.0989. The maximum absolute atomic E-state index is 13.3. The van der Waals surface area contributed by atoms with Crippen LogP contribution < -0.4 is 14.9 Å². The molecule has 0 atom stereocenters. The van der Waals surface area contributed by atoms with Crippen LogP contribution in [0.15, 0.2) is 53.4 Å². The van der Waals surface area contributed by atoms with E-state index in [0.29, 0.717) is 31.2 Å². The van der Waals surface area contributed by atoms with Crippen molar-refractivity contribution in [2.75, 3.05) is 30.8 Å². The molecule has 0 unspecified atom stereocenters. The number of hydrogen-bond acceptors (Lipinski definition) is 8. The van der Waals surface area contributed by atoms with E-state index < -0.39 is 10.0 Å².